The number of benzene rings is 1. The highest BCUT2D eigenvalue weighted by molar-refractivity contribution is 5.94. The van der Waals surface area contributed by atoms with Gasteiger partial charge < -0.3 is 10.2 Å². The molecule has 1 aromatic rings. The molecule has 1 N–H and O–H groups in total. The Labute approximate surface area is 153 Å². The molecule has 5 heteroatoms. The van der Waals surface area contributed by atoms with E-state index in [1.54, 1.807) is 12.1 Å². The van der Waals surface area contributed by atoms with E-state index in [-0.39, 0.29) is 17.2 Å². The van der Waals surface area contributed by atoms with E-state index in [4.69, 9.17) is 0 Å². The Kier molecular flexibility index (Phi) is 4.55. The lowest BCUT2D eigenvalue weighted by Gasteiger charge is -2.47. The van der Waals surface area contributed by atoms with E-state index in [0.29, 0.717) is 24.4 Å². The first kappa shape index (κ1) is 17.3. The van der Waals surface area contributed by atoms with E-state index in [1.165, 1.54) is 25.0 Å². The SMILES string of the molecule is O=C(NCC12CCCC=C1N(CC1CC1)C(=O)CC2)c1cccc(F)c1. The molecular formula is C21H25FN2O2. The van der Waals surface area contributed by atoms with Crippen LogP contribution >= 0.6 is 0 Å². The van der Waals surface area contributed by atoms with Crippen LogP contribution in [0.15, 0.2) is 36.0 Å². The lowest BCUT2D eigenvalue weighted by Crippen LogP contribution is -2.51. The molecule has 0 bridgehead atoms. The normalized spacial score (nSPS) is 25.5. The number of rotatable bonds is 5. The van der Waals surface area contributed by atoms with Crippen LogP contribution in [0, 0.1) is 17.2 Å². The van der Waals surface area contributed by atoms with E-state index >= 15 is 0 Å². The number of hydrogen-bond donors (Lipinski definition) is 1. The molecule has 1 saturated heterocycles. The van der Waals surface area contributed by atoms with Gasteiger partial charge in [0.2, 0.25) is 5.91 Å². The summed E-state index contributed by atoms with van der Waals surface area (Å²) in [5.41, 5.74) is 1.29. The summed E-state index contributed by atoms with van der Waals surface area (Å²) in [7, 11) is 0. The van der Waals surface area contributed by atoms with Gasteiger partial charge in [-0.2, -0.15) is 0 Å². The molecule has 1 aromatic carbocycles. The van der Waals surface area contributed by atoms with Crippen LogP contribution in [0.2, 0.25) is 0 Å². The molecule has 1 unspecified atom stereocenters. The first-order valence-electron chi connectivity index (χ1n) is 9.62. The molecule has 0 radical (unpaired) electrons. The Balaban J connectivity index is 1.51. The maximum absolute atomic E-state index is 13.4. The second-order valence-electron chi connectivity index (χ2n) is 7.90. The Hall–Kier alpha value is -2.17. The summed E-state index contributed by atoms with van der Waals surface area (Å²) >= 11 is 0. The van der Waals surface area contributed by atoms with Gasteiger partial charge in [0.25, 0.3) is 5.91 Å². The molecular weight excluding hydrogens is 331 g/mol. The third-order valence-electron chi connectivity index (χ3n) is 5.96. The fraction of sp³-hybridized carbons (Fsp3) is 0.524. The minimum Gasteiger partial charge on any atom is -0.351 e. The van der Waals surface area contributed by atoms with Crippen LogP contribution in [-0.4, -0.2) is 29.8 Å². The van der Waals surface area contributed by atoms with Crippen molar-refractivity contribution in [1.82, 2.24) is 10.2 Å². The highest BCUT2D eigenvalue weighted by atomic mass is 19.1. The molecule has 26 heavy (non-hydrogen) atoms. The molecule has 3 aliphatic rings. The van der Waals surface area contributed by atoms with E-state index in [1.807, 2.05) is 4.90 Å². The highest BCUT2D eigenvalue weighted by Gasteiger charge is 2.45. The number of allylic oxidation sites excluding steroid dienone is 1. The number of hydrogen-bond acceptors (Lipinski definition) is 2. The Morgan fingerprint density at radius 3 is 2.92 bits per heavy atom. The van der Waals surface area contributed by atoms with E-state index in [2.05, 4.69) is 11.4 Å². The van der Waals surface area contributed by atoms with Crippen LogP contribution in [0.1, 0.15) is 55.3 Å². The van der Waals surface area contributed by atoms with Crippen LogP contribution in [0.25, 0.3) is 0 Å². The van der Waals surface area contributed by atoms with Gasteiger partial charge in [-0.05, 0) is 62.6 Å². The van der Waals surface area contributed by atoms with Gasteiger partial charge >= 0.3 is 0 Å². The summed E-state index contributed by atoms with van der Waals surface area (Å²) in [5.74, 6) is 0.193. The summed E-state index contributed by atoms with van der Waals surface area (Å²) in [4.78, 5) is 27.0. The zero-order valence-corrected chi connectivity index (χ0v) is 15.0. The van der Waals surface area contributed by atoms with Crippen molar-refractivity contribution < 1.29 is 14.0 Å². The number of nitrogens with zero attached hydrogens (tertiary/aromatic N) is 1. The molecule has 4 nitrogen and oxygen atoms in total. The summed E-state index contributed by atoms with van der Waals surface area (Å²) in [6.07, 6.45) is 8.99. The first-order valence-corrected chi connectivity index (χ1v) is 9.62. The number of fused-ring (bicyclic) bond motifs is 1. The molecule has 1 atom stereocenters. The topological polar surface area (TPSA) is 49.4 Å². The standard InChI is InChI=1S/C21H25FN2O2/c22-17-5-3-4-16(12-17)20(26)23-14-21-10-2-1-6-18(21)24(13-15-7-8-15)19(25)9-11-21/h3-6,12,15H,1-2,7-11,13-14H2,(H,23,26). The molecule has 4 rings (SSSR count). The summed E-state index contributed by atoms with van der Waals surface area (Å²) < 4.78 is 13.4. The Bertz CT molecular complexity index is 756. The van der Waals surface area contributed by atoms with Crippen molar-refractivity contribution in [1.29, 1.82) is 0 Å². The number of piperidine rings is 1. The van der Waals surface area contributed by atoms with Gasteiger partial charge in [-0.3, -0.25) is 9.59 Å². The summed E-state index contributed by atoms with van der Waals surface area (Å²) in [6, 6.07) is 5.76. The average molecular weight is 356 g/mol. The zero-order valence-electron chi connectivity index (χ0n) is 15.0. The van der Waals surface area contributed by atoms with Gasteiger partial charge in [-0.25, -0.2) is 4.39 Å². The van der Waals surface area contributed by atoms with Crippen LogP contribution in [0.3, 0.4) is 0 Å². The molecule has 1 aliphatic heterocycles. The number of amides is 2. The van der Waals surface area contributed by atoms with E-state index in [9.17, 15) is 14.0 Å². The minimum absolute atomic E-state index is 0.163. The van der Waals surface area contributed by atoms with Gasteiger partial charge in [0.05, 0.1) is 0 Å². The van der Waals surface area contributed by atoms with Crippen LogP contribution in [0.5, 0.6) is 0 Å². The number of carbonyl (C=O) groups excluding carboxylic acids is 2. The maximum atomic E-state index is 13.4. The van der Waals surface area contributed by atoms with Gasteiger partial charge in [0.15, 0.2) is 0 Å². The Morgan fingerprint density at radius 1 is 1.31 bits per heavy atom. The van der Waals surface area contributed by atoms with Gasteiger partial charge in [-0.1, -0.05) is 12.1 Å². The number of likely N-dealkylation sites (tertiary alicyclic amines) is 1. The molecule has 0 aromatic heterocycles. The molecule has 2 fully saturated rings. The van der Waals surface area contributed by atoms with E-state index < -0.39 is 5.82 Å². The van der Waals surface area contributed by atoms with Gasteiger partial charge in [0.1, 0.15) is 5.82 Å². The van der Waals surface area contributed by atoms with Crippen molar-refractivity contribution in [3.05, 3.63) is 47.4 Å². The molecule has 1 heterocycles. The average Bonchev–Trinajstić information content (AvgIpc) is 3.47. The molecule has 0 spiro atoms. The monoisotopic (exact) mass is 356 g/mol. The third kappa shape index (κ3) is 3.39. The second-order valence-corrected chi connectivity index (χ2v) is 7.90. The maximum Gasteiger partial charge on any atom is 0.251 e. The number of nitrogens with one attached hydrogen (secondary N) is 1. The van der Waals surface area contributed by atoms with Crippen LogP contribution in [-0.2, 0) is 4.79 Å². The van der Waals surface area contributed by atoms with Crippen molar-refractivity contribution in [3.8, 4) is 0 Å². The highest BCUT2D eigenvalue weighted by Crippen LogP contribution is 2.47. The predicted octanol–water partition coefficient (Wildman–Crippen LogP) is 3.64. The second kappa shape index (κ2) is 6.86. The largest absolute Gasteiger partial charge is 0.351 e. The molecule has 138 valence electrons. The van der Waals surface area contributed by atoms with Crippen molar-refractivity contribution in [3.63, 3.8) is 0 Å². The zero-order chi connectivity index (χ0) is 18.1. The summed E-state index contributed by atoms with van der Waals surface area (Å²) in [6.45, 7) is 1.33. The first-order chi connectivity index (χ1) is 12.6. The fourth-order valence-electron chi connectivity index (χ4n) is 4.30. The van der Waals surface area contributed by atoms with Crippen molar-refractivity contribution in [2.24, 2.45) is 11.3 Å². The van der Waals surface area contributed by atoms with Crippen LogP contribution in [0.4, 0.5) is 4.39 Å². The molecule has 2 amide bonds. The smallest absolute Gasteiger partial charge is 0.251 e. The lowest BCUT2D eigenvalue weighted by molar-refractivity contribution is -0.134. The fourth-order valence-corrected chi connectivity index (χ4v) is 4.30. The minimum atomic E-state index is -0.409. The van der Waals surface area contributed by atoms with Crippen molar-refractivity contribution >= 4 is 11.8 Å². The molecule has 1 saturated carbocycles. The van der Waals surface area contributed by atoms with Gasteiger partial charge in [-0.15, -0.1) is 0 Å². The molecule has 2 aliphatic carbocycles. The third-order valence-corrected chi connectivity index (χ3v) is 5.96. The number of carbonyl (C=O) groups is 2. The van der Waals surface area contributed by atoms with Crippen molar-refractivity contribution in [2.45, 2.75) is 44.9 Å². The lowest BCUT2D eigenvalue weighted by atomic mass is 9.69. The quantitative estimate of drug-likeness (QED) is 0.876. The van der Waals surface area contributed by atoms with Crippen molar-refractivity contribution in [2.75, 3.05) is 13.1 Å². The van der Waals surface area contributed by atoms with E-state index in [0.717, 1.165) is 37.9 Å². The number of halogens is 1. The van der Waals surface area contributed by atoms with Crippen LogP contribution < -0.4 is 5.32 Å². The Morgan fingerprint density at radius 2 is 2.15 bits per heavy atom. The van der Waals surface area contributed by atoms with Gasteiger partial charge in [0, 0.05) is 36.2 Å². The summed E-state index contributed by atoms with van der Waals surface area (Å²) in [5, 5.41) is 3.01. The predicted molar refractivity (Wildman–Crippen MR) is 96.8 cm³/mol.